The van der Waals surface area contributed by atoms with Gasteiger partial charge in [0, 0.05) is 49.6 Å². The van der Waals surface area contributed by atoms with Crippen molar-refractivity contribution in [1.82, 2.24) is 41.4 Å². The predicted molar refractivity (Wildman–Crippen MR) is 238 cm³/mol. The number of carbonyl (C=O) groups excluding carboxylic acids is 8. The van der Waals surface area contributed by atoms with Gasteiger partial charge in [0.2, 0.25) is 47.3 Å². The van der Waals surface area contributed by atoms with Gasteiger partial charge in [-0.25, -0.2) is 8.78 Å². The Labute approximate surface area is 385 Å². The molecule has 5 atom stereocenters. The number of halogens is 2. The molecule has 3 aromatic rings. The lowest BCUT2D eigenvalue weighted by molar-refractivity contribution is -0.140. The van der Waals surface area contributed by atoms with E-state index in [1.165, 1.54) is 25.8 Å². The standard InChI is InChI=1S/C45H59F2N9O11/c1-25(51-37(60)21-50-36(59)14-15-39(62)63)41(64)52-26(2)42(65)54-33(20-35(48)58)44(67)53-32(43(66)49-6)16-17-56(38(61)24-57)40(45(3,4)5)34-18-28(30-19-29(46)12-13-31(30)47)23-55(34)22-27-10-8-7-9-11-27/h7-13,18-19,23,25-26,32-33,40,57H,14-17,20-22,24H2,1-6H3,(H2,48,58)(H,49,66)(H,50,59)(H,51,60)(H,52,64)(H,53,67)(H,54,65)(H,62,63)/t25-,26-,32-,33-,40-/m0/s1. The number of nitrogens with zero attached hydrogens (tertiary/aromatic N) is 2. The van der Waals surface area contributed by atoms with Gasteiger partial charge >= 0.3 is 5.97 Å². The van der Waals surface area contributed by atoms with Crippen molar-refractivity contribution in [2.45, 2.75) is 97.1 Å². The second-order valence-electron chi connectivity index (χ2n) is 16.8. The first-order chi connectivity index (χ1) is 31.4. The fraction of sp³-hybridized carbons (Fsp3) is 0.444. The monoisotopic (exact) mass is 939 g/mol. The van der Waals surface area contributed by atoms with Crippen LogP contribution in [0, 0.1) is 17.0 Å². The minimum Gasteiger partial charge on any atom is -0.481 e. The van der Waals surface area contributed by atoms with Crippen LogP contribution < -0.4 is 37.6 Å². The molecule has 10 N–H and O–H groups in total. The first kappa shape index (κ1) is 54.1. The van der Waals surface area contributed by atoms with Crippen molar-refractivity contribution in [3.63, 3.8) is 0 Å². The maximum absolute atomic E-state index is 15.2. The van der Waals surface area contributed by atoms with Gasteiger partial charge in [-0.15, -0.1) is 0 Å². The molecule has 2 aromatic carbocycles. The summed E-state index contributed by atoms with van der Waals surface area (Å²) in [4.78, 5) is 115. The van der Waals surface area contributed by atoms with Gasteiger partial charge in [0.05, 0.1) is 25.4 Å². The number of hydrogen-bond donors (Lipinski definition) is 9. The van der Waals surface area contributed by atoms with Crippen molar-refractivity contribution in [3.05, 3.63) is 83.7 Å². The maximum atomic E-state index is 15.2. The van der Waals surface area contributed by atoms with E-state index in [4.69, 9.17) is 10.8 Å². The van der Waals surface area contributed by atoms with E-state index >= 15 is 4.39 Å². The molecular formula is C45H59F2N9O11. The van der Waals surface area contributed by atoms with Crippen molar-refractivity contribution in [1.29, 1.82) is 0 Å². The highest BCUT2D eigenvalue weighted by atomic mass is 19.1. The molecule has 0 saturated carbocycles. The zero-order valence-electron chi connectivity index (χ0n) is 38.1. The van der Waals surface area contributed by atoms with Gasteiger partial charge < -0.3 is 57.3 Å². The number of carbonyl (C=O) groups is 9. The van der Waals surface area contributed by atoms with Gasteiger partial charge in [0.25, 0.3) is 0 Å². The Morgan fingerprint density at radius 1 is 0.791 bits per heavy atom. The molecule has 1 aromatic heterocycles. The van der Waals surface area contributed by atoms with E-state index in [-0.39, 0.29) is 31.5 Å². The van der Waals surface area contributed by atoms with E-state index in [1.54, 1.807) is 16.8 Å². The van der Waals surface area contributed by atoms with Crippen molar-refractivity contribution in [2.75, 3.05) is 26.7 Å². The van der Waals surface area contributed by atoms with Crippen molar-refractivity contribution >= 4 is 53.2 Å². The SMILES string of the molecule is CNC(=O)[C@H](CCN(C(=O)CO)[C@@H](c1cc(-c2cc(F)ccc2F)cn1Cc1ccccc1)C(C)(C)C)NC(=O)[C@H](CC(N)=O)NC(=O)[C@H](C)NC(=O)[C@H](C)NC(=O)CNC(=O)CCC(=O)O. The van der Waals surface area contributed by atoms with Crippen molar-refractivity contribution < 1.29 is 62.1 Å². The van der Waals surface area contributed by atoms with Gasteiger partial charge in [-0.05, 0) is 55.5 Å². The number of hydrogen-bond acceptors (Lipinski definition) is 10. The first-order valence-electron chi connectivity index (χ1n) is 21.2. The largest absolute Gasteiger partial charge is 0.481 e. The Hall–Kier alpha value is -7.23. The van der Waals surface area contributed by atoms with Gasteiger partial charge in [-0.3, -0.25) is 43.2 Å². The smallest absolute Gasteiger partial charge is 0.303 e. The molecule has 67 heavy (non-hydrogen) atoms. The van der Waals surface area contributed by atoms with Crippen LogP contribution in [0.3, 0.4) is 0 Å². The number of primary amides is 1. The first-order valence-corrected chi connectivity index (χ1v) is 21.2. The Balaban J connectivity index is 1.85. The molecule has 0 saturated heterocycles. The van der Waals surface area contributed by atoms with Gasteiger partial charge in [-0.1, -0.05) is 51.1 Å². The van der Waals surface area contributed by atoms with E-state index in [1.807, 2.05) is 51.1 Å². The van der Waals surface area contributed by atoms with Crippen molar-refractivity contribution in [2.24, 2.45) is 11.1 Å². The Kier molecular flexibility index (Phi) is 20.1. The molecule has 20 nitrogen and oxygen atoms in total. The Morgan fingerprint density at radius 3 is 2.01 bits per heavy atom. The molecule has 0 aliphatic heterocycles. The molecule has 0 aliphatic rings. The molecule has 0 aliphatic carbocycles. The summed E-state index contributed by atoms with van der Waals surface area (Å²) >= 11 is 0. The third kappa shape index (κ3) is 16.6. The maximum Gasteiger partial charge on any atom is 0.303 e. The van der Waals surface area contributed by atoms with E-state index < -0.39 is 126 Å². The predicted octanol–water partition coefficient (Wildman–Crippen LogP) is 0.361. The highest BCUT2D eigenvalue weighted by molar-refractivity contribution is 5.97. The summed E-state index contributed by atoms with van der Waals surface area (Å²) < 4.78 is 31.4. The summed E-state index contributed by atoms with van der Waals surface area (Å²) in [6, 6.07) is 7.28. The summed E-state index contributed by atoms with van der Waals surface area (Å²) in [7, 11) is 1.29. The number of likely N-dealkylation sites (N-methyl/N-ethyl adjacent to an activating group) is 1. The molecule has 1 heterocycles. The van der Waals surface area contributed by atoms with Gasteiger partial charge in [-0.2, -0.15) is 0 Å². The fourth-order valence-electron chi connectivity index (χ4n) is 7.04. The molecule has 0 spiro atoms. The number of aliphatic hydroxyl groups is 1. The van der Waals surface area contributed by atoms with Crippen LogP contribution in [0.2, 0.25) is 0 Å². The quantitative estimate of drug-likeness (QED) is 0.0591. The third-order valence-electron chi connectivity index (χ3n) is 10.3. The molecule has 8 amide bonds. The number of aliphatic carboxylic acids is 1. The highest BCUT2D eigenvalue weighted by Gasteiger charge is 2.38. The molecule has 22 heteroatoms. The normalized spacial score (nSPS) is 13.4. The summed E-state index contributed by atoms with van der Waals surface area (Å²) in [5.74, 6) is -9.48. The minimum absolute atomic E-state index is 0.0345. The number of benzene rings is 2. The Morgan fingerprint density at radius 2 is 1.42 bits per heavy atom. The third-order valence-corrected chi connectivity index (χ3v) is 10.3. The van der Waals surface area contributed by atoms with Crippen LogP contribution in [0.4, 0.5) is 8.78 Å². The second kappa shape index (κ2) is 24.9. The molecule has 364 valence electrons. The van der Waals surface area contributed by atoms with Crippen LogP contribution in [-0.2, 0) is 49.7 Å². The number of carboxylic acid groups (broad SMARTS) is 1. The lowest BCUT2D eigenvalue weighted by Crippen LogP contribution is -2.58. The van der Waals surface area contributed by atoms with Crippen LogP contribution in [-0.4, -0.2) is 124 Å². The van der Waals surface area contributed by atoms with Crippen molar-refractivity contribution in [3.8, 4) is 11.1 Å². The van der Waals surface area contributed by atoms with E-state index in [0.29, 0.717) is 11.3 Å². The van der Waals surface area contributed by atoms with Crippen LogP contribution in [0.1, 0.15) is 77.6 Å². The number of rotatable bonds is 24. The molecule has 0 radical (unpaired) electrons. The lowest BCUT2D eigenvalue weighted by Gasteiger charge is -2.41. The molecule has 0 fully saturated rings. The summed E-state index contributed by atoms with van der Waals surface area (Å²) in [5, 5.41) is 33.1. The van der Waals surface area contributed by atoms with Crippen LogP contribution in [0.5, 0.6) is 0 Å². The molecule has 0 unspecified atom stereocenters. The average molecular weight is 940 g/mol. The highest BCUT2D eigenvalue weighted by Crippen LogP contribution is 2.41. The number of aliphatic hydroxyl groups excluding tert-OH is 1. The number of amides is 8. The Bertz CT molecular complexity index is 2280. The summed E-state index contributed by atoms with van der Waals surface area (Å²) in [5.41, 5.74) is 6.16. The fourth-order valence-corrected chi connectivity index (χ4v) is 7.04. The van der Waals surface area contributed by atoms with E-state index in [0.717, 1.165) is 23.8 Å². The molecule has 3 rings (SSSR count). The van der Waals surface area contributed by atoms with Crippen LogP contribution in [0.25, 0.3) is 11.1 Å². The summed E-state index contributed by atoms with van der Waals surface area (Å²) in [6.07, 6.45) is -0.225. The van der Waals surface area contributed by atoms with Gasteiger partial charge in [0.15, 0.2) is 0 Å². The second-order valence-corrected chi connectivity index (χ2v) is 16.8. The number of aromatic nitrogens is 1. The topological polar surface area (TPSA) is 300 Å². The number of nitrogens with two attached hydrogens (primary N) is 1. The lowest BCUT2D eigenvalue weighted by atomic mass is 9.82. The molecule has 0 bridgehead atoms. The zero-order chi connectivity index (χ0) is 50.2. The van der Waals surface area contributed by atoms with Crippen LogP contribution >= 0.6 is 0 Å². The average Bonchev–Trinajstić information content (AvgIpc) is 3.67. The molecular weight excluding hydrogens is 881 g/mol. The zero-order valence-corrected chi connectivity index (χ0v) is 38.1. The van der Waals surface area contributed by atoms with E-state index in [9.17, 15) is 52.6 Å². The van der Waals surface area contributed by atoms with Gasteiger partial charge in [0.1, 0.15) is 42.4 Å². The minimum atomic E-state index is -1.68. The summed E-state index contributed by atoms with van der Waals surface area (Å²) in [6.45, 7) is 6.42. The van der Waals surface area contributed by atoms with Crippen LogP contribution in [0.15, 0.2) is 60.8 Å². The van der Waals surface area contributed by atoms with E-state index in [2.05, 4.69) is 31.9 Å². The number of nitrogens with one attached hydrogen (secondary N) is 6. The number of carboxylic acids is 1.